The minimum Gasteiger partial charge on any atom is -0.393 e. The van der Waals surface area contributed by atoms with Crippen molar-refractivity contribution in [1.82, 2.24) is 0 Å². The molecule has 0 heterocycles. The van der Waals surface area contributed by atoms with E-state index in [1.807, 2.05) is 20.8 Å². The predicted molar refractivity (Wildman–Crippen MR) is 36.1 cm³/mol. The quantitative estimate of drug-likeness (QED) is 0.610. The first-order valence-corrected chi connectivity index (χ1v) is 3.20. The Labute approximate surface area is 55.9 Å². The van der Waals surface area contributed by atoms with Crippen LogP contribution in [-0.4, -0.2) is 17.9 Å². The monoisotopic (exact) mass is 134 g/mol. The fraction of sp³-hybridized carbons (Fsp3) is 1.00. The van der Waals surface area contributed by atoms with E-state index in [1.165, 1.54) is 0 Å². The number of hydrogen-bond acceptors (Lipinski definition) is 1. The van der Waals surface area contributed by atoms with Crippen LogP contribution in [0, 0.1) is 5.41 Å². The van der Waals surface area contributed by atoms with Gasteiger partial charge < -0.3 is 5.11 Å². The standard InChI is InChI=1S/C7H15FO/c1-7(2,3)4-6(8)5-9/h6,9H,4-5H2,1-3H3/t6-/m1/s1. The molecule has 0 fully saturated rings. The molecule has 0 radical (unpaired) electrons. The Morgan fingerprint density at radius 1 is 1.44 bits per heavy atom. The maximum absolute atomic E-state index is 12.4. The van der Waals surface area contributed by atoms with Crippen LogP contribution in [0.5, 0.6) is 0 Å². The molecule has 0 aromatic rings. The van der Waals surface area contributed by atoms with Crippen LogP contribution in [-0.2, 0) is 0 Å². The molecule has 0 amide bonds. The van der Waals surface area contributed by atoms with E-state index in [-0.39, 0.29) is 12.0 Å². The summed E-state index contributed by atoms with van der Waals surface area (Å²) in [6, 6.07) is 0. The zero-order valence-corrected chi connectivity index (χ0v) is 6.32. The number of aliphatic hydroxyl groups is 1. The van der Waals surface area contributed by atoms with Crippen molar-refractivity contribution in [2.45, 2.75) is 33.4 Å². The lowest BCUT2D eigenvalue weighted by Gasteiger charge is -2.19. The summed E-state index contributed by atoms with van der Waals surface area (Å²) in [4.78, 5) is 0. The summed E-state index contributed by atoms with van der Waals surface area (Å²) >= 11 is 0. The third-order valence-corrected chi connectivity index (χ3v) is 1.03. The first kappa shape index (κ1) is 8.89. The van der Waals surface area contributed by atoms with Crippen LogP contribution in [0.1, 0.15) is 27.2 Å². The molecule has 9 heavy (non-hydrogen) atoms. The van der Waals surface area contributed by atoms with Crippen LogP contribution < -0.4 is 0 Å². The average molecular weight is 134 g/mol. The summed E-state index contributed by atoms with van der Waals surface area (Å²) < 4.78 is 12.4. The van der Waals surface area contributed by atoms with E-state index in [0.29, 0.717) is 6.42 Å². The molecule has 0 rings (SSSR count). The van der Waals surface area contributed by atoms with Crippen LogP contribution in [0.3, 0.4) is 0 Å². The molecule has 0 aliphatic carbocycles. The molecule has 56 valence electrons. The van der Waals surface area contributed by atoms with Crippen molar-refractivity contribution >= 4 is 0 Å². The maximum atomic E-state index is 12.4. The Bertz CT molecular complexity index is 75.5. The summed E-state index contributed by atoms with van der Waals surface area (Å²) in [6.45, 7) is 5.51. The van der Waals surface area contributed by atoms with Crippen LogP contribution in [0.4, 0.5) is 4.39 Å². The lowest BCUT2D eigenvalue weighted by molar-refractivity contribution is 0.135. The van der Waals surface area contributed by atoms with Gasteiger partial charge in [-0.2, -0.15) is 0 Å². The molecule has 0 bridgehead atoms. The van der Waals surface area contributed by atoms with E-state index in [2.05, 4.69) is 0 Å². The Kier molecular flexibility index (Phi) is 3.12. The molecular weight excluding hydrogens is 119 g/mol. The lowest BCUT2D eigenvalue weighted by atomic mass is 9.90. The average Bonchev–Trinajstić information content (AvgIpc) is 1.62. The molecule has 1 N–H and O–H groups in total. The highest BCUT2D eigenvalue weighted by Crippen LogP contribution is 2.21. The molecule has 0 saturated carbocycles. The third-order valence-electron chi connectivity index (χ3n) is 1.03. The topological polar surface area (TPSA) is 20.2 Å². The molecule has 1 nitrogen and oxygen atoms in total. The zero-order chi connectivity index (χ0) is 7.49. The largest absolute Gasteiger partial charge is 0.393 e. The maximum Gasteiger partial charge on any atom is 0.124 e. The summed E-state index contributed by atoms with van der Waals surface area (Å²) in [5, 5.41) is 8.32. The van der Waals surface area contributed by atoms with E-state index in [4.69, 9.17) is 5.11 Å². The van der Waals surface area contributed by atoms with Crippen molar-refractivity contribution < 1.29 is 9.50 Å². The van der Waals surface area contributed by atoms with Crippen LogP contribution in [0.2, 0.25) is 0 Å². The highest BCUT2D eigenvalue weighted by atomic mass is 19.1. The Hall–Kier alpha value is -0.110. The molecule has 0 aliphatic heterocycles. The molecule has 0 aromatic carbocycles. The van der Waals surface area contributed by atoms with Crippen molar-refractivity contribution in [3.8, 4) is 0 Å². The second-order valence-electron chi connectivity index (χ2n) is 3.54. The number of halogens is 1. The second kappa shape index (κ2) is 3.16. The van der Waals surface area contributed by atoms with Gasteiger partial charge in [0.05, 0.1) is 6.61 Å². The van der Waals surface area contributed by atoms with Gasteiger partial charge in [-0.1, -0.05) is 20.8 Å². The normalized spacial score (nSPS) is 15.7. The first-order valence-electron chi connectivity index (χ1n) is 3.20. The van der Waals surface area contributed by atoms with Gasteiger partial charge in [0.2, 0.25) is 0 Å². The lowest BCUT2D eigenvalue weighted by Crippen LogP contribution is -2.16. The SMILES string of the molecule is CC(C)(C)C[C@@H](F)CO. The van der Waals surface area contributed by atoms with Gasteiger partial charge in [0.15, 0.2) is 0 Å². The van der Waals surface area contributed by atoms with E-state index >= 15 is 0 Å². The van der Waals surface area contributed by atoms with Crippen molar-refractivity contribution in [2.24, 2.45) is 5.41 Å². The molecule has 0 saturated heterocycles. The fourth-order valence-electron chi connectivity index (χ4n) is 0.729. The van der Waals surface area contributed by atoms with Gasteiger partial charge in [0.25, 0.3) is 0 Å². The van der Waals surface area contributed by atoms with Crippen molar-refractivity contribution in [3.05, 3.63) is 0 Å². The Morgan fingerprint density at radius 3 is 2.00 bits per heavy atom. The smallest absolute Gasteiger partial charge is 0.124 e. The van der Waals surface area contributed by atoms with Gasteiger partial charge in [0, 0.05) is 0 Å². The number of alkyl halides is 1. The zero-order valence-electron chi connectivity index (χ0n) is 6.32. The molecule has 0 spiro atoms. The van der Waals surface area contributed by atoms with Gasteiger partial charge in [-0.15, -0.1) is 0 Å². The van der Waals surface area contributed by atoms with E-state index in [9.17, 15) is 4.39 Å². The van der Waals surface area contributed by atoms with E-state index < -0.39 is 6.17 Å². The predicted octanol–water partition coefficient (Wildman–Crippen LogP) is 1.75. The van der Waals surface area contributed by atoms with Crippen molar-refractivity contribution in [3.63, 3.8) is 0 Å². The molecule has 2 heteroatoms. The number of rotatable bonds is 2. The summed E-state index contributed by atoms with van der Waals surface area (Å²) in [7, 11) is 0. The fourth-order valence-corrected chi connectivity index (χ4v) is 0.729. The minimum atomic E-state index is -1.05. The number of hydrogen-bond donors (Lipinski definition) is 1. The van der Waals surface area contributed by atoms with Gasteiger partial charge in [-0.25, -0.2) is 4.39 Å². The van der Waals surface area contributed by atoms with E-state index in [0.717, 1.165) is 0 Å². The van der Waals surface area contributed by atoms with Gasteiger partial charge >= 0.3 is 0 Å². The molecule has 0 aromatic heterocycles. The van der Waals surface area contributed by atoms with Crippen molar-refractivity contribution in [2.75, 3.05) is 6.61 Å². The van der Waals surface area contributed by atoms with Crippen LogP contribution >= 0.6 is 0 Å². The minimum absolute atomic E-state index is 0.0118. The van der Waals surface area contributed by atoms with Crippen molar-refractivity contribution in [1.29, 1.82) is 0 Å². The molecule has 0 unspecified atom stereocenters. The summed E-state index contributed by atoms with van der Waals surface area (Å²) in [5.74, 6) is 0. The number of aliphatic hydroxyl groups excluding tert-OH is 1. The summed E-state index contributed by atoms with van der Waals surface area (Å²) in [5.41, 5.74) is -0.0118. The molecular formula is C7H15FO. The summed E-state index contributed by atoms with van der Waals surface area (Å²) in [6.07, 6.45) is -0.617. The Morgan fingerprint density at radius 2 is 1.89 bits per heavy atom. The highest BCUT2D eigenvalue weighted by molar-refractivity contribution is 4.66. The van der Waals surface area contributed by atoms with Crippen LogP contribution in [0.25, 0.3) is 0 Å². The highest BCUT2D eigenvalue weighted by Gasteiger charge is 2.16. The molecule has 0 aliphatic rings. The second-order valence-corrected chi connectivity index (χ2v) is 3.54. The molecule has 1 atom stereocenters. The third kappa shape index (κ3) is 5.77. The van der Waals surface area contributed by atoms with E-state index in [1.54, 1.807) is 0 Å². The van der Waals surface area contributed by atoms with Gasteiger partial charge in [-0.3, -0.25) is 0 Å². The van der Waals surface area contributed by atoms with Gasteiger partial charge in [-0.05, 0) is 11.8 Å². The van der Waals surface area contributed by atoms with Crippen LogP contribution in [0.15, 0.2) is 0 Å². The van der Waals surface area contributed by atoms with Gasteiger partial charge in [0.1, 0.15) is 6.17 Å². The first-order chi connectivity index (χ1) is 3.95. The Balaban J connectivity index is 3.47.